The van der Waals surface area contributed by atoms with Gasteiger partial charge in [-0.25, -0.2) is 0 Å². The fraction of sp³-hybridized carbons (Fsp3) is 0.797. The van der Waals surface area contributed by atoms with E-state index in [9.17, 15) is 38.7 Å². The van der Waals surface area contributed by atoms with E-state index in [1.165, 1.54) is 92.6 Å². The van der Waals surface area contributed by atoms with Gasteiger partial charge in [-0.3, -0.25) is 52.7 Å². The summed E-state index contributed by atoms with van der Waals surface area (Å²) in [4.78, 5) is 171. The maximum Gasteiger partial charge on any atom is 0.256 e. The van der Waals surface area contributed by atoms with Crippen molar-refractivity contribution in [2.75, 3.05) is 55.6 Å². The molecule has 0 aromatic carbocycles. The average molecular weight is 1260 g/mol. The highest BCUT2D eigenvalue weighted by molar-refractivity contribution is 7.99. The number of carbonyl (C=O) groups excluding carboxylic acids is 11. The third kappa shape index (κ3) is 21.7. The first-order valence-electron chi connectivity index (χ1n) is 31.5. The molecule has 0 aromatic heterocycles. The summed E-state index contributed by atoms with van der Waals surface area (Å²) in [7, 11) is 9.99. The second-order valence-electron chi connectivity index (χ2n) is 27.1. The summed E-state index contributed by atoms with van der Waals surface area (Å²) in [5.41, 5.74) is 0. The molecule has 1 aliphatic heterocycles. The van der Waals surface area contributed by atoms with Crippen molar-refractivity contribution in [3.8, 4) is 0 Å². The average Bonchev–Trinajstić information content (AvgIpc) is 1.45. The summed E-state index contributed by atoms with van der Waals surface area (Å²) in [6, 6.07) is -12.5. The zero-order valence-corrected chi connectivity index (χ0v) is 59.0. The van der Waals surface area contributed by atoms with Crippen molar-refractivity contribution in [1.29, 1.82) is 0 Å². The number of aliphatic hydroxyl groups is 1. The highest BCUT2D eigenvalue weighted by Crippen LogP contribution is 2.27. The predicted octanol–water partition coefficient (Wildman–Crippen LogP) is 4.20. The van der Waals surface area contributed by atoms with Gasteiger partial charge in [0.2, 0.25) is 59.1 Å². The van der Waals surface area contributed by atoms with E-state index < -0.39 is 161 Å². The molecule has 24 heteroatoms. The highest BCUT2D eigenvalue weighted by Gasteiger charge is 2.47. The van der Waals surface area contributed by atoms with Crippen LogP contribution in [0.3, 0.4) is 0 Å². The first-order valence-corrected chi connectivity index (χ1v) is 32.7. The smallest absolute Gasteiger partial charge is 0.256 e. The molecule has 23 nitrogen and oxygen atoms in total. The van der Waals surface area contributed by atoms with E-state index >= 15 is 19.2 Å². The number of nitrogens with zero attached hydrogens (tertiary/aromatic N) is 7. The van der Waals surface area contributed by atoms with Crippen LogP contribution in [0, 0.1) is 47.3 Å². The normalized spacial score (nSPS) is 27.3. The van der Waals surface area contributed by atoms with Crippen LogP contribution in [0.2, 0.25) is 0 Å². The summed E-state index contributed by atoms with van der Waals surface area (Å²) in [6.45, 7) is 31.7. The van der Waals surface area contributed by atoms with Gasteiger partial charge in [0.05, 0.1) is 6.10 Å². The molecule has 0 aliphatic carbocycles. The fourth-order valence-corrected chi connectivity index (χ4v) is 11.9. The van der Waals surface area contributed by atoms with Gasteiger partial charge in [0, 0.05) is 49.3 Å². The van der Waals surface area contributed by atoms with Crippen molar-refractivity contribution in [2.24, 2.45) is 47.3 Å². The first kappa shape index (κ1) is 80.2. The van der Waals surface area contributed by atoms with Gasteiger partial charge in [-0.1, -0.05) is 116 Å². The number of amides is 11. The van der Waals surface area contributed by atoms with Gasteiger partial charge < -0.3 is 60.7 Å². The standard InChI is InChI=1S/C64H115N11O12S/c1-27-28-29-41(16)52(76)51-56(80)68-49(39(12)13)61(85)75(25)64(88-26)63(87)70(20)45(31-35(4)5)55(79)67-48(38(10)11)60(84)69(19)44(30-34(2)3)54(78)65-42(17)53(77)66-43(18)57(81)71(21)46(32-36(6)7)58(82)72(22)47(33-37(8)9)59(83)73(23)50(40(14)15)62(86)74(51)24/h27-28,34-52,64,76H,29-33H2,1-26H3,(H,65,78)(H,66,77)(H,67,79)(H,68,80)/b28-27+/t41-,42+,43-,44+,45+,46+,47+,48+,49+,50+,51+,52-,64-/m1/s1. The molecule has 88 heavy (non-hydrogen) atoms. The molecule has 0 bridgehead atoms. The van der Waals surface area contributed by atoms with E-state index in [-0.39, 0.29) is 49.4 Å². The fourth-order valence-electron chi connectivity index (χ4n) is 11.1. The molecule has 1 heterocycles. The van der Waals surface area contributed by atoms with Crippen molar-refractivity contribution in [1.82, 2.24) is 55.6 Å². The van der Waals surface area contributed by atoms with Crippen LogP contribution in [0.4, 0.5) is 0 Å². The lowest BCUT2D eigenvalue weighted by atomic mass is 9.91. The Balaban J connectivity index is 4.46. The maximum absolute atomic E-state index is 15.3. The SMILES string of the molecule is C/C=C/C[C@@H](C)[C@@H](O)[C@H]1C(=O)N[C@@H](C(C)C)C(=O)N(C)[C@H](SC)C(=O)N(C)[C@@H](CC(C)C)C(=O)N[C@@H](C(C)C)C(=O)N(C)[C@@H](CC(C)C)C(=O)N[C@@H](C)C(=O)N[C@H](C)C(=O)N(C)[C@@H](CC(C)C)C(=O)N(C)[C@@H](CC(C)C)C(=O)N(C)[C@@H](C(C)C)C(=O)N1C. The number of thioether (sulfide) groups is 1. The number of rotatable bonds is 16. The Hall–Kier alpha value is -5.78. The van der Waals surface area contributed by atoms with E-state index in [1.807, 2.05) is 61.5 Å². The Kier molecular flexibility index (Phi) is 33.0. The van der Waals surface area contributed by atoms with Crippen LogP contribution in [0.1, 0.15) is 157 Å². The number of hydrogen-bond donors (Lipinski definition) is 5. The molecule has 0 saturated carbocycles. The molecule has 0 radical (unpaired) electrons. The molecule has 1 fully saturated rings. The Morgan fingerprint density at radius 2 is 0.761 bits per heavy atom. The molecule has 0 spiro atoms. The first-order chi connectivity index (χ1) is 40.5. The van der Waals surface area contributed by atoms with Crippen LogP contribution in [-0.2, 0) is 52.7 Å². The number of aliphatic hydroxyl groups excluding tert-OH is 1. The van der Waals surface area contributed by atoms with Gasteiger partial charge in [0.25, 0.3) is 5.91 Å². The number of likely N-dealkylation sites (N-methyl/N-ethyl adjacent to an activating group) is 7. The van der Waals surface area contributed by atoms with E-state index in [0.717, 1.165) is 16.7 Å². The Morgan fingerprint density at radius 1 is 0.409 bits per heavy atom. The third-order valence-electron chi connectivity index (χ3n) is 16.6. The lowest BCUT2D eigenvalue weighted by molar-refractivity contribution is -0.157. The summed E-state index contributed by atoms with van der Waals surface area (Å²) < 4.78 is 0. The molecule has 504 valence electrons. The summed E-state index contributed by atoms with van der Waals surface area (Å²) in [5.74, 6) is -10.4. The van der Waals surface area contributed by atoms with Crippen molar-refractivity contribution in [3.05, 3.63) is 12.2 Å². The quantitative estimate of drug-likeness (QED) is 0.136. The second kappa shape index (κ2) is 36.2. The molecule has 1 rings (SSSR count). The third-order valence-corrected chi connectivity index (χ3v) is 17.6. The molecule has 1 saturated heterocycles. The minimum absolute atomic E-state index is 0.136. The topological polar surface area (TPSA) is 279 Å². The number of hydrogen-bond acceptors (Lipinski definition) is 13. The number of nitrogens with one attached hydrogen (secondary N) is 4. The Labute approximate surface area is 531 Å². The van der Waals surface area contributed by atoms with Crippen molar-refractivity contribution in [3.63, 3.8) is 0 Å². The molecular weight excluding hydrogens is 1150 g/mol. The molecule has 13 atom stereocenters. The molecule has 0 unspecified atom stereocenters. The van der Waals surface area contributed by atoms with E-state index in [0.29, 0.717) is 6.42 Å². The van der Waals surface area contributed by atoms with Crippen LogP contribution in [-0.4, -0.2) is 232 Å². The predicted molar refractivity (Wildman–Crippen MR) is 345 cm³/mol. The zero-order chi connectivity index (χ0) is 68.4. The minimum Gasteiger partial charge on any atom is -0.390 e. The monoisotopic (exact) mass is 1260 g/mol. The van der Waals surface area contributed by atoms with E-state index in [2.05, 4.69) is 21.3 Å². The Morgan fingerprint density at radius 3 is 1.17 bits per heavy atom. The van der Waals surface area contributed by atoms with Gasteiger partial charge >= 0.3 is 0 Å². The van der Waals surface area contributed by atoms with Crippen molar-refractivity contribution >= 4 is 76.7 Å². The summed E-state index contributed by atoms with van der Waals surface area (Å²) in [5, 5.41) is 22.1. The van der Waals surface area contributed by atoms with E-state index in [4.69, 9.17) is 0 Å². The van der Waals surface area contributed by atoms with Crippen LogP contribution in [0.5, 0.6) is 0 Å². The van der Waals surface area contributed by atoms with Crippen LogP contribution in [0.15, 0.2) is 12.2 Å². The van der Waals surface area contributed by atoms with Gasteiger partial charge in [0.15, 0.2) is 5.37 Å². The molecule has 5 N–H and O–H groups in total. The second-order valence-corrected chi connectivity index (χ2v) is 28.1. The van der Waals surface area contributed by atoms with Gasteiger partial charge in [-0.05, 0) is 106 Å². The molecule has 1 aliphatic rings. The summed E-state index contributed by atoms with van der Waals surface area (Å²) >= 11 is 1.02. The molecular formula is C64H115N11O12S. The van der Waals surface area contributed by atoms with Gasteiger partial charge in [0.1, 0.15) is 60.4 Å². The maximum atomic E-state index is 15.3. The van der Waals surface area contributed by atoms with Gasteiger partial charge in [-0.2, -0.15) is 0 Å². The number of carbonyl (C=O) groups is 11. The summed E-state index contributed by atoms with van der Waals surface area (Å²) in [6.07, 6.45) is 4.59. The Bertz CT molecular complexity index is 2420. The van der Waals surface area contributed by atoms with E-state index in [1.54, 1.807) is 67.7 Å². The zero-order valence-electron chi connectivity index (χ0n) is 58.2. The van der Waals surface area contributed by atoms with Crippen LogP contribution in [0.25, 0.3) is 0 Å². The lowest BCUT2D eigenvalue weighted by Crippen LogP contribution is -2.64. The van der Waals surface area contributed by atoms with Crippen molar-refractivity contribution in [2.45, 2.75) is 229 Å². The molecule has 11 amide bonds. The van der Waals surface area contributed by atoms with Crippen LogP contribution < -0.4 is 21.3 Å². The highest BCUT2D eigenvalue weighted by atomic mass is 32.2. The molecule has 0 aromatic rings. The number of allylic oxidation sites excluding steroid dienone is 2. The van der Waals surface area contributed by atoms with Crippen LogP contribution >= 0.6 is 11.8 Å². The largest absolute Gasteiger partial charge is 0.390 e. The van der Waals surface area contributed by atoms with Crippen molar-refractivity contribution < 1.29 is 57.8 Å². The lowest BCUT2D eigenvalue weighted by Gasteiger charge is -2.42. The minimum atomic E-state index is -1.63. The van der Waals surface area contributed by atoms with Gasteiger partial charge in [-0.15, -0.1) is 11.8 Å².